The fraction of sp³-hybridized carbons (Fsp3) is 0.385. The van der Waals surface area contributed by atoms with Crippen LogP contribution in [0.2, 0.25) is 0 Å². The van der Waals surface area contributed by atoms with Crippen LogP contribution >= 0.6 is 0 Å². The highest BCUT2D eigenvalue weighted by Crippen LogP contribution is 2.52. The van der Waals surface area contributed by atoms with Crippen molar-refractivity contribution < 1.29 is 5.11 Å². The monoisotopic (exact) mass is 188 g/mol. The summed E-state index contributed by atoms with van der Waals surface area (Å²) in [6, 6.07) is 9.84. The molecule has 0 radical (unpaired) electrons. The van der Waals surface area contributed by atoms with Crippen molar-refractivity contribution in [3.8, 4) is 0 Å². The molecule has 1 saturated carbocycles. The van der Waals surface area contributed by atoms with Crippen LogP contribution in [-0.4, -0.2) is 5.11 Å². The Bertz CT molecular complexity index is 342. The second kappa shape index (κ2) is 3.25. The standard InChI is InChI=1S/C13H16O/c1-10-8-9-13(10,2)12(14)11-6-4-3-5-7-11/h3-7,12,14H,1,8-9H2,2H3. The largest absolute Gasteiger partial charge is 0.388 e. The topological polar surface area (TPSA) is 20.2 Å². The number of rotatable bonds is 2. The lowest BCUT2D eigenvalue weighted by Gasteiger charge is -2.45. The second-order valence-corrected chi connectivity index (χ2v) is 4.33. The van der Waals surface area contributed by atoms with Crippen molar-refractivity contribution in [3.05, 3.63) is 48.0 Å². The fourth-order valence-corrected chi connectivity index (χ4v) is 2.03. The first-order valence-corrected chi connectivity index (χ1v) is 5.06. The van der Waals surface area contributed by atoms with Crippen molar-refractivity contribution in [2.24, 2.45) is 5.41 Å². The molecule has 14 heavy (non-hydrogen) atoms. The first-order valence-electron chi connectivity index (χ1n) is 5.06. The normalized spacial score (nSPS) is 28.3. The third-order valence-corrected chi connectivity index (χ3v) is 3.47. The molecule has 1 aliphatic carbocycles. The van der Waals surface area contributed by atoms with Gasteiger partial charge in [0.1, 0.15) is 0 Å². The van der Waals surface area contributed by atoms with Crippen molar-refractivity contribution >= 4 is 0 Å². The van der Waals surface area contributed by atoms with Crippen LogP contribution in [0.3, 0.4) is 0 Å². The fourth-order valence-electron chi connectivity index (χ4n) is 2.03. The third-order valence-electron chi connectivity index (χ3n) is 3.47. The van der Waals surface area contributed by atoms with Crippen molar-refractivity contribution in [2.75, 3.05) is 0 Å². The smallest absolute Gasteiger partial charge is 0.0880 e. The van der Waals surface area contributed by atoms with E-state index in [9.17, 15) is 5.11 Å². The predicted octanol–water partition coefficient (Wildman–Crippen LogP) is 3.08. The van der Waals surface area contributed by atoms with Gasteiger partial charge in [-0.2, -0.15) is 0 Å². The van der Waals surface area contributed by atoms with Crippen LogP contribution in [0.4, 0.5) is 0 Å². The summed E-state index contributed by atoms with van der Waals surface area (Å²) in [6.07, 6.45) is 1.70. The third kappa shape index (κ3) is 1.28. The Morgan fingerprint density at radius 3 is 2.43 bits per heavy atom. The van der Waals surface area contributed by atoms with E-state index in [-0.39, 0.29) is 5.41 Å². The molecule has 1 nitrogen and oxygen atoms in total. The summed E-state index contributed by atoms with van der Waals surface area (Å²) in [5.74, 6) is 0. The zero-order valence-corrected chi connectivity index (χ0v) is 8.53. The van der Waals surface area contributed by atoms with Gasteiger partial charge < -0.3 is 5.11 Å². The zero-order valence-electron chi connectivity index (χ0n) is 8.53. The molecule has 1 heteroatoms. The van der Waals surface area contributed by atoms with E-state index in [2.05, 4.69) is 13.5 Å². The number of benzene rings is 1. The van der Waals surface area contributed by atoms with E-state index in [0.717, 1.165) is 18.4 Å². The van der Waals surface area contributed by atoms with Gasteiger partial charge in [0, 0.05) is 5.41 Å². The minimum Gasteiger partial charge on any atom is -0.388 e. The van der Waals surface area contributed by atoms with E-state index in [4.69, 9.17) is 0 Å². The highest BCUT2D eigenvalue weighted by molar-refractivity contribution is 5.28. The molecule has 1 aromatic rings. The van der Waals surface area contributed by atoms with Gasteiger partial charge in [-0.05, 0) is 18.4 Å². The van der Waals surface area contributed by atoms with E-state index in [1.54, 1.807) is 0 Å². The number of hydrogen-bond acceptors (Lipinski definition) is 1. The summed E-state index contributed by atoms with van der Waals surface area (Å²) in [6.45, 7) is 6.09. The van der Waals surface area contributed by atoms with Gasteiger partial charge in [-0.3, -0.25) is 0 Å². The molecule has 1 fully saturated rings. The van der Waals surface area contributed by atoms with Crippen LogP contribution < -0.4 is 0 Å². The molecular formula is C13H16O. The Morgan fingerprint density at radius 1 is 1.36 bits per heavy atom. The molecule has 0 aliphatic heterocycles. The molecule has 0 aromatic heterocycles. The first kappa shape index (κ1) is 9.47. The van der Waals surface area contributed by atoms with Gasteiger partial charge in [-0.25, -0.2) is 0 Å². The van der Waals surface area contributed by atoms with E-state index in [0.29, 0.717) is 0 Å². The maximum Gasteiger partial charge on any atom is 0.0880 e. The first-order chi connectivity index (χ1) is 6.64. The Kier molecular flexibility index (Phi) is 2.20. The molecule has 0 heterocycles. The number of aliphatic hydroxyl groups is 1. The SMILES string of the molecule is C=C1CCC1(C)C(O)c1ccccc1. The van der Waals surface area contributed by atoms with Gasteiger partial charge >= 0.3 is 0 Å². The molecule has 1 N–H and O–H groups in total. The predicted molar refractivity (Wildman–Crippen MR) is 57.9 cm³/mol. The molecule has 0 spiro atoms. The maximum absolute atomic E-state index is 10.2. The number of aliphatic hydroxyl groups excluding tert-OH is 1. The molecule has 1 aliphatic rings. The molecule has 74 valence electrons. The van der Waals surface area contributed by atoms with Crippen LogP contribution in [0.25, 0.3) is 0 Å². The van der Waals surface area contributed by atoms with Crippen molar-refractivity contribution in [1.29, 1.82) is 0 Å². The van der Waals surface area contributed by atoms with Crippen molar-refractivity contribution in [3.63, 3.8) is 0 Å². The van der Waals surface area contributed by atoms with Crippen LogP contribution in [0.1, 0.15) is 31.4 Å². The lowest BCUT2D eigenvalue weighted by Crippen LogP contribution is -2.35. The summed E-state index contributed by atoms with van der Waals surface area (Å²) in [4.78, 5) is 0. The quantitative estimate of drug-likeness (QED) is 0.707. The lowest BCUT2D eigenvalue weighted by atomic mass is 9.62. The van der Waals surface area contributed by atoms with E-state index in [1.165, 1.54) is 5.57 Å². The summed E-state index contributed by atoms with van der Waals surface area (Å²) in [5, 5.41) is 10.2. The van der Waals surface area contributed by atoms with Gasteiger partial charge in [-0.15, -0.1) is 0 Å². The van der Waals surface area contributed by atoms with Crippen LogP contribution in [-0.2, 0) is 0 Å². The lowest BCUT2D eigenvalue weighted by molar-refractivity contribution is 0.0263. The molecule has 0 amide bonds. The van der Waals surface area contributed by atoms with E-state index < -0.39 is 6.10 Å². The summed E-state index contributed by atoms with van der Waals surface area (Å²) in [7, 11) is 0. The van der Waals surface area contributed by atoms with Gasteiger partial charge in [-0.1, -0.05) is 49.4 Å². The average Bonchev–Trinajstić information content (AvgIpc) is 2.26. The van der Waals surface area contributed by atoms with Crippen molar-refractivity contribution in [2.45, 2.75) is 25.9 Å². The van der Waals surface area contributed by atoms with Gasteiger partial charge in [0.2, 0.25) is 0 Å². The van der Waals surface area contributed by atoms with Gasteiger partial charge in [0.15, 0.2) is 0 Å². The Hall–Kier alpha value is -1.08. The molecule has 2 atom stereocenters. The second-order valence-electron chi connectivity index (χ2n) is 4.33. The molecule has 0 saturated heterocycles. The molecule has 2 unspecified atom stereocenters. The Labute approximate surface area is 85.1 Å². The molecule has 2 rings (SSSR count). The maximum atomic E-state index is 10.2. The van der Waals surface area contributed by atoms with Crippen LogP contribution in [0.5, 0.6) is 0 Å². The summed E-state index contributed by atoms with van der Waals surface area (Å²) < 4.78 is 0. The Balaban J connectivity index is 2.24. The van der Waals surface area contributed by atoms with Crippen LogP contribution in [0.15, 0.2) is 42.5 Å². The molecule has 1 aromatic carbocycles. The minimum absolute atomic E-state index is 0.0959. The molecule has 0 bridgehead atoms. The minimum atomic E-state index is -0.398. The van der Waals surface area contributed by atoms with E-state index >= 15 is 0 Å². The zero-order chi connectivity index (χ0) is 10.2. The highest BCUT2D eigenvalue weighted by atomic mass is 16.3. The summed E-state index contributed by atoms with van der Waals surface area (Å²) in [5.41, 5.74) is 2.08. The van der Waals surface area contributed by atoms with Crippen molar-refractivity contribution in [1.82, 2.24) is 0 Å². The van der Waals surface area contributed by atoms with E-state index in [1.807, 2.05) is 30.3 Å². The van der Waals surface area contributed by atoms with Gasteiger partial charge in [0.25, 0.3) is 0 Å². The highest BCUT2D eigenvalue weighted by Gasteiger charge is 2.42. The number of hydrogen-bond donors (Lipinski definition) is 1. The molecular weight excluding hydrogens is 172 g/mol. The van der Waals surface area contributed by atoms with Crippen LogP contribution in [0, 0.1) is 5.41 Å². The van der Waals surface area contributed by atoms with Gasteiger partial charge in [0.05, 0.1) is 6.10 Å². The average molecular weight is 188 g/mol. The summed E-state index contributed by atoms with van der Waals surface area (Å²) >= 11 is 0. The Morgan fingerprint density at radius 2 is 2.00 bits per heavy atom.